The molecular formula is C77H150Cl2FN14O17PS. The van der Waals surface area contributed by atoms with Crippen LogP contribution in [0.25, 0.3) is 10.4 Å². The lowest BCUT2D eigenvalue weighted by molar-refractivity contribution is -0.110. The van der Waals surface area contributed by atoms with Crippen LogP contribution in [0.1, 0.15) is 227 Å². The Balaban J connectivity index is -0.000000242. The molecule has 1 aromatic carbocycles. The molecule has 0 spiro atoms. The van der Waals surface area contributed by atoms with Crippen LogP contribution in [-0.4, -0.2) is 224 Å². The summed E-state index contributed by atoms with van der Waals surface area (Å²) in [4.78, 5) is 99.7. The average Bonchev–Trinajstić information content (AvgIpc) is 1.66. The van der Waals surface area contributed by atoms with Crippen molar-refractivity contribution in [3.05, 3.63) is 73.8 Å². The van der Waals surface area contributed by atoms with Crippen molar-refractivity contribution in [2.24, 2.45) is 40.3 Å². The van der Waals surface area contributed by atoms with E-state index >= 15 is 0 Å². The van der Waals surface area contributed by atoms with Gasteiger partial charge in [0.05, 0.1) is 36.4 Å². The van der Waals surface area contributed by atoms with E-state index in [0.29, 0.717) is 31.3 Å². The Morgan fingerprint density at radius 1 is 0.708 bits per heavy atom. The van der Waals surface area contributed by atoms with Gasteiger partial charge in [-0.3, -0.25) is 23.5 Å². The lowest BCUT2D eigenvalue weighted by Gasteiger charge is -2.38. The highest BCUT2D eigenvalue weighted by molar-refractivity contribution is 7.86. The number of ketones is 1. The van der Waals surface area contributed by atoms with Gasteiger partial charge in [-0.15, -0.1) is 32.4 Å². The van der Waals surface area contributed by atoms with E-state index in [4.69, 9.17) is 64.3 Å². The van der Waals surface area contributed by atoms with E-state index in [1.165, 1.54) is 24.5 Å². The number of aliphatic hydroxyl groups excluding tert-OH is 1. The summed E-state index contributed by atoms with van der Waals surface area (Å²) in [6.45, 7) is 57.6. The zero-order chi connectivity index (χ0) is 88.8. The number of azide groups is 1. The van der Waals surface area contributed by atoms with E-state index in [9.17, 15) is 56.3 Å². The lowest BCUT2D eigenvalue weighted by atomic mass is 10.0. The summed E-state index contributed by atoms with van der Waals surface area (Å²) in [5.41, 5.74) is 16.7. The molecule has 31 nitrogen and oxygen atoms in total. The van der Waals surface area contributed by atoms with Crippen molar-refractivity contribution in [2.75, 3.05) is 83.8 Å². The quantitative estimate of drug-likeness (QED) is 0.00508. The minimum Gasteiger partial charge on any atom is -0.503 e. The monoisotopic (exact) mass is 1700 g/mol. The molecule has 4 rings (SSSR count). The van der Waals surface area contributed by atoms with Crippen LogP contribution in [-0.2, 0) is 51.0 Å². The van der Waals surface area contributed by atoms with Gasteiger partial charge in [0, 0.05) is 100 Å². The van der Waals surface area contributed by atoms with Gasteiger partial charge in [0.1, 0.15) is 40.7 Å². The molecule has 2 aromatic rings. The molecule has 8 atom stereocenters. The highest BCUT2D eigenvalue weighted by Gasteiger charge is 2.46. The molecule has 36 heteroatoms. The predicted octanol–water partition coefficient (Wildman–Crippen LogP) is 12.7. The van der Waals surface area contributed by atoms with Gasteiger partial charge >= 0.3 is 24.4 Å². The molecular weight excluding hydrogens is 1550 g/mol. The SMILES string of the molecule is C.CC(C)C=O.CC(C)CN1C[C@@H](C)N2C(=O)c3c(O)c(=O)c(C(=O)CCc4ccc(F)cc4)cn3CC12.CC(C)CNC[C@@H](C)N.CC(C)CNC[C@@H](C)NC(=O)OC(C)(C)C.CCP.CO.C[C@H](CN)NC(=O)OC(C)(C)C.C[C@H](CN=[N+]=[N-])NC(=O)OC(C)(C)C.C[C@H](COS(C)(=O)=O)NC(=O)OC(C)(C)C.ClCCl. The predicted molar refractivity (Wildman–Crippen MR) is 458 cm³/mol. The maximum absolute atomic E-state index is 13.2. The number of Topliss-reactive ketones (excluding diaryl/α,β-unsaturated/α-hetero) is 1. The number of hydrogen-bond acceptors (Lipinski definition) is 23. The third-order valence-electron chi connectivity index (χ3n) is 12.9. The molecule has 0 radical (unpaired) electrons. The first kappa shape index (κ1) is 120. The number of halogens is 3. The summed E-state index contributed by atoms with van der Waals surface area (Å²) in [6, 6.07) is 5.45. The number of alkyl halides is 2. The van der Waals surface area contributed by atoms with Crippen LogP contribution in [0.2, 0.25) is 0 Å². The Morgan fingerprint density at radius 2 is 1.10 bits per heavy atom. The summed E-state index contributed by atoms with van der Waals surface area (Å²) in [5, 5.41) is 38.0. The molecule has 1 aromatic heterocycles. The molecule has 2 aliphatic heterocycles. The number of carbonyl (C=O) groups is 7. The largest absolute Gasteiger partial charge is 0.503 e. The Labute approximate surface area is 689 Å². The number of aromatic hydroxyl groups is 1. The van der Waals surface area contributed by atoms with E-state index in [1.807, 2.05) is 83.1 Å². The standard InChI is InChI=1S/C24H28FN3O4.C12H26N2O2.C9H19NO5S.C8H16N4O2.C8H18N2O2.C7H18N2.C4H8O.C2H7P.CH2Cl2.CH4O.CH4/c1-14(2)10-26-11-15(3)28-20(26)13-27-12-18(22(30)23(31)21(27)24(28)32)19(29)9-6-16-4-7-17(25)8-5-16;1-9(2)7-13-8-10(3)14-11(15)16-12(4,5)6;1-7(6-14-16(5,12)13)10-8(11)15-9(2,3)4;1-6(5-10-12-9)11-7(13)14-8(2,3)4;1-6(5-9)10-7(11)12-8(2,3)4;1-6(2)4-9-5-7(3)8;1-4(2)3-5;1-2-3;2-1-3;1-2;/h4-5,7-8,12,14-15,20,31H,6,9-11,13H2,1-3H3;9-10,13H,7-8H2,1-6H3,(H,14,15);7H,6H2,1-5H3,(H,10,11);6H,5H2,1-4H3,(H,11,13);6H,5,9H2,1-4H3,(H,10,11);6-7,9H,4-5,8H2,1-3H3;3-4H,1-2H3;2-3H2,1H3;1H2;2H,1H3;1H4/t15-,20?;10-;7-;2*6-;7-;;;;;/m111111...../s1. The van der Waals surface area contributed by atoms with Gasteiger partial charge < -0.3 is 86.8 Å². The Kier molecular flexibility index (Phi) is 67.9. The van der Waals surface area contributed by atoms with Crippen LogP contribution in [0.4, 0.5) is 23.6 Å². The van der Waals surface area contributed by atoms with Crippen LogP contribution in [0.15, 0.2) is 40.4 Å². The minimum absolute atomic E-state index is 0. The number of ether oxygens (including phenoxy) is 4. The average molecular weight is 1700 g/mol. The Bertz CT molecular complexity index is 3160. The minimum atomic E-state index is -3.48. The molecule has 3 heterocycles. The lowest BCUT2D eigenvalue weighted by Crippen LogP contribution is -2.52. The van der Waals surface area contributed by atoms with Crippen LogP contribution < -0.4 is 48.8 Å². The number of hydrogen-bond donors (Lipinski definition) is 10. The normalized spacial score (nSPS) is 14.7. The number of fused-ring (bicyclic) bond motifs is 2. The molecule has 0 saturated carbocycles. The number of pyridine rings is 1. The second-order valence-corrected chi connectivity index (χ2v) is 35.2. The van der Waals surface area contributed by atoms with Crippen molar-refractivity contribution in [1.82, 2.24) is 46.3 Å². The van der Waals surface area contributed by atoms with Crippen LogP contribution >= 0.6 is 32.4 Å². The number of nitrogens with zero attached hydrogens (tertiary/aromatic N) is 6. The molecule has 2 aliphatic rings. The highest BCUT2D eigenvalue weighted by Crippen LogP contribution is 2.32. The van der Waals surface area contributed by atoms with Crippen LogP contribution in [0.5, 0.6) is 5.75 Å². The molecule has 113 heavy (non-hydrogen) atoms. The van der Waals surface area contributed by atoms with Crippen molar-refractivity contribution < 1.29 is 79.7 Å². The fourth-order valence-electron chi connectivity index (χ4n) is 8.59. The number of aryl methyl sites for hydroxylation is 1. The molecule has 1 saturated heterocycles. The number of carbonyl (C=O) groups excluding carboxylic acids is 7. The zero-order valence-electron chi connectivity index (χ0n) is 72.7. The summed E-state index contributed by atoms with van der Waals surface area (Å²) >= 11 is 9.53. The fourth-order valence-corrected chi connectivity index (χ4v) is 9.04. The first-order valence-corrected chi connectivity index (χ1v) is 41.2. The first-order chi connectivity index (χ1) is 51.3. The summed E-state index contributed by atoms with van der Waals surface area (Å²) in [7, 11) is 0.0965. The topological polar surface area (TPSA) is 442 Å². The second kappa shape index (κ2) is 63.9. The van der Waals surface area contributed by atoms with Crippen molar-refractivity contribution >= 4 is 84.9 Å². The molecule has 2 unspecified atom stereocenters. The van der Waals surface area contributed by atoms with Gasteiger partial charge in [-0.05, 0) is 191 Å². The van der Waals surface area contributed by atoms with Gasteiger partial charge in [0.15, 0.2) is 17.2 Å². The fraction of sp³-hybridized carbons (Fsp3) is 0.766. The smallest absolute Gasteiger partial charge is 0.407 e. The van der Waals surface area contributed by atoms with Crippen molar-refractivity contribution in [2.45, 2.75) is 279 Å². The van der Waals surface area contributed by atoms with Gasteiger partial charge in [0.25, 0.3) is 16.0 Å². The third kappa shape index (κ3) is 70.9. The Hall–Kier alpha value is -6.22. The molecule has 12 N–H and O–H groups in total. The number of rotatable bonds is 25. The number of aromatic nitrogens is 1. The number of amides is 5. The van der Waals surface area contributed by atoms with Gasteiger partial charge in [-0.25, -0.2) is 23.6 Å². The molecule has 5 amide bonds. The van der Waals surface area contributed by atoms with E-state index in [-0.39, 0.29) is 104 Å². The third-order valence-corrected chi connectivity index (χ3v) is 13.4. The number of alkyl carbamates (subject to hydrolysis) is 4. The van der Waals surface area contributed by atoms with Crippen molar-refractivity contribution in [3.8, 4) is 5.75 Å². The summed E-state index contributed by atoms with van der Waals surface area (Å²) in [5.74, 6) is 0.135. The highest BCUT2D eigenvalue weighted by atomic mass is 35.5. The van der Waals surface area contributed by atoms with Gasteiger partial charge in [-0.2, -0.15) is 8.42 Å². The number of nitrogens with one attached hydrogen (secondary N) is 6. The number of aldehydes is 1. The molecule has 662 valence electrons. The zero-order valence-corrected chi connectivity index (χ0v) is 76.2. The first-order valence-electron chi connectivity index (χ1n) is 37.5. The number of aliphatic hydroxyl groups is 1. The van der Waals surface area contributed by atoms with E-state index < -0.39 is 73.8 Å². The van der Waals surface area contributed by atoms with E-state index in [1.54, 1.807) is 77.0 Å². The second-order valence-electron chi connectivity index (χ2n) is 32.0. The van der Waals surface area contributed by atoms with Gasteiger partial charge in [-0.1, -0.05) is 87.0 Å². The molecule has 0 aliphatic carbocycles. The molecule has 0 bridgehead atoms. The Morgan fingerprint density at radius 3 is 1.45 bits per heavy atom. The van der Waals surface area contributed by atoms with Crippen molar-refractivity contribution in [3.63, 3.8) is 0 Å². The van der Waals surface area contributed by atoms with Crippen molar-refractivity contribution in [1.29, 1.82) is 0 Å². The maximum atomic E-state index is 13.2. The van der Waals surface area contributed by atoms with E-state index in [0.717, 1.165) is 70.4 Å². The summed E-state index contributed by atoms with van der Waals surface area (Å²) in [6.07, 6.45) is 2.78. The summed E-state index contributed by atoms with van der Waals surface area (Å²) < 4.78 is 60.7. The number of nitrogens with two attached hydrogens (primary N) is 2. The molecule has 1 fully saturated rings. The van der Waals surface area contributed by atoms with Crippen LogP contribution in [0.3, 0.4) is 0 Å². The maximum Gasteiger partial charge on any atom is 0.407 e. The van der Waals surface area contributed by atoms with Crippen LogP contribution in [0, 0.1) is 29.5 Å². The number of benzene rings is 1. The van der Waals surface area contributed by atoms with Gasteiger partial charge in [0.2, 0.25) is 5.43 Å². The van der Waals surface area contributed by atoms with E-state index in [2.05, 4.69) is 109 Å².